The summed E-state index contributed by atoms with van der Waals surface area (Å²) in [5, 5.41) is 5.18. The van der Waals surface area contributed by atoms with Crippen LogP contribution in [0.3, 0.4) is 0 Å². The average molecular weight is 308 g/mol. The van der Waals surface area contributed by atoms with Crippen LogP contribution >= 0.6 is 23.2 Å². The maximum atomic E-state index is 6.20. The van der Waals surface area contributed by atoms with Crippen LogP contribution in [0.4, 0.5) is 0 Å². The molecule has 0 aliphatic carbocycles. The Hall–Kier alpha value is -1.02. The van der Waals surface area contributed by atoms with Crippen molar-refractivity contribution in [2.75, 3.05) is 0 Å². The van der Waals surface area contributed by atoms with Gasteiger partial charge in [-0.3, -0.25) is 0 Å². The lowest BCUT2D eigenvalue weighted by atomic mass is 10.0. The van der Waals surface area contributed by atoms with Crippen LogP contribution in [0, 0.1) is 0 Å². The Labute approximate surface area is 130 Å². The van der Waals surface area contributed by atoms with Crippen molar-refractivity contribution in [2.24, 2.45) is 0 Å². The second kappa shape index (κ2) is 7.12. The van der Waals surface area contributed by atoms with Crippen molar-refractivity contribution in [1.82, 2.24) is 5.32 Å². The molecule has 0 heterocycles. The zero-order valence-electron chi connectivity index (χ0n) is 11.7. The summed E-state index contributed by atoms with van der Waals surface area (Å²) >= 11 is 12.2. The first kappa shape index (κ1) is 15.4. The number of benzene rings is 2. The van der Waals surface area contributed by atoms with Gasteiger partial charge in [0.25, 0.3) is 0 Å². The van der Waals surface area contributed by atoms with Gasteiger partial charge in [0.1, 0.15) is 0 Å². The largest absolute Gasteiger partial charge is 0.307 e. The number of hydrogen-bond donors (Lipinski definition) is 1. The lowest BCUT2D eigenvalue weighted by molar-refractivity contribution is 0.477. The maximum absolute atomic E-state index is 6.20. The maximum Gasteiger partial charge on any atom is 0.0438 e. The Morgan fingerprint density at radius 2 is 1.75 bits per heavy atom. The van der Waals surface area contributed by atoms with Gasteiger partial charge >= 0.3 is 0 Å². The van der Waals surface area contributed by atoms with Crippen LogP contribution in [0.15, 0.2) is 48.5 Å². The zero-order valence-corrected chi connectivity index (χ0v) is 13.2. The summed E-state index contributed by atoms with van der Waals surface area (Å²) in [6.07, 6.45) is 0.907. The summed E-state index contributed by atoms with van der Waals surface area (Å²) in [6.45, 7) is 4.32. The van der Waals surface area contributed by atoms with Crippen molar-refractivity contribution in [3.63, 3.8) is 0 Å². The number of hydrogen-bond acceptors (Lipinski definition) is 1. The van der Waals surface area contributed by atoms with E-state index < -0.39 is 0 Å². The minimum Gasteiger partial charge on any atom is -0.307 e. The normalized spacial score (nSPS) is 14.0. The molecule has 0 amide bonds. The molecule has 0 radical (unpaired) electrons. The third kappa shape index (κ3) is 4.24. The monoisotopic (exact) mass is 307 g/mol. The van der Waals surface area contributed by atoms with Crippen molar-refractivity contribution in [1.29, 1.82) is 0 Å². The molecule has 2 aromatic rings. The summed E-state index contributed by atoms with van der Waals surface area (Å²) in [5.74, 6) is 0. The van der Waals surface area contributed by atoms with E-state index in [0.29, 0.717) is 6.04 Å². The Morgan fingerprint density at radius 1 is 1.00 bits per heavy atom. The highest BCUT2D eigenvalue weighted by Crippen LogP contribution is 2.20. The first-order chi connectivity index (χ1) is 9.56. The molecule has 3 heteroatoms. The van der Waals surface area contributed by atoms with E-state index in [2.05, 4.69) is 31.3 Å². The van der Waals surface area contributed by atoms with Gasteiger partial charge in [-0.15, -0.1) is 0 Å². The van der Waals surface area contributed by atoms with E-state index in [1.807, 2.05) is 36.4 Å². The van der Waals surface area contributed by atoms with Gasteiger partial charge in [-0.05, 0) is 49.6 Å². The molecule has 0 aromatic heterocycles. The second-order valence-corrected chi connectivity index (χ2v) is 5.98. The van der Waals surface area contributed by atoms with E-state index in [1.165, 1.54) is 11.1 Å². The van der Waals surface area contributed by atoms with Gasteiger partial charge in [0.15, 0.2) is 0 Å². The Bertz CT molecular complexity index is 568. The quantitative estimate of drug-likeness (QED) is 0.793. The van der Waals surface area contributed by atoms with Crippen LogP contribution in [0.25, 0.3) is 0 Å². The van der Waals surface area contributed by atoms with E-state index in [9.17, 15) is 0 Å². The van der Waals surface area contributed by atoms with Crippen LogP contribution in [-0.2, 0) is 6.42 Å². The molecule has 20 heavy (non-hydrogen) atoms. The molecule has 2 atom stereocenters. The standard InChI is InChI=1S/C17H19Cl2N/c1-12(10-15-6-3-4-9-17(15)19)20-13(2)14-7-5-8-16(18)11-14/h3-9,11-13,20H,10H2,1-2H3. The van der Waals surface area contributed by atoms with Crippen LogP contribution in [0.1, 0.15) is 31.0 Å². The van der Waals surface area contributed by atoms with Crippen LogP contribution in [0.2, 0.25) is 10.0 Å². The van der Waals surface area contributed by atoms with Crippen LogP contribution in [0.5, 0.6) is 0 Å². The summed E-state index contributed by atoms with van der Waals surface area (Å²) in [7, 11) is 0. The van der Waals surface area contributed by atoms with E-state index in [-0.39, 0.29) is 6.04 Å². The molecule has 1 N–H and O–H groups in total. The highest BCUT2D eigenvalue weighted by Gasteiger charge is 2.11. The van der Waals surface area contributed by atoms with Gasteiger partial charge in [-0.1, -0.05) is 53.5 Å². The highest BCUT2D eigenvalue weighted by atomic mass is 35.5. The van der Waals surface area contributed by atoms with E-state index in [4.69, 9.17) is 23.2 Å². The van der Waals surface area contributed by atoms with E-state index >= 15 is 0 Å². The van der Waals surface area contributed by atoms with Gasteiger partial charge in [0.05, 0.1) is 0 Å². The highest BCUT2D eigenvalue weighted by molar-refractivity contribution is 6.31. The molecule has 2 aromatic carbocycles. The first-order valence-corrected chi connectivity index (χ1v) is 7.57. The molecule has 1 nitrogen and oxygen atoms in total. The Morgan fingerprint density at radius 3 is 2.45 bits per heavy atom. The topological polar surface area (TPSA) is 12.0 Å². The molecule has 2 unspecified atom stereocenters. The Balaban J connectivity index is 1.98. The molecule has 2 rings (SSSR count). The lowest BCUT2D eigenvalue weighted by Gasteiger charge is -2.21. The summed E-state index contributed by atoms with van der Waals surface area (Å²) in [5.41, 5.74) is 2.37. The average Bonchev–Trinajstić information content (AvgIpc) is 2.41. The van der Waals surface area contributed by atoms with Gasteiger partial charge in [0.2, 0.25) is 0 Å². The van der Waals surface area contributed by atoms with E-state index in [0.717, 1.165) is 16.5 Å². The third-order valence-corrected chi connectivity index (χ3v) is 3.97. The molecule has 0 saturated heterocycles. The first-order valence-electron chi connectivity index (χ1n) is 6.81. The van der Waals surface area contributed by atoms with E-state index in [1.54, 1.807) is 0 Å². The molecule has 106 valence electrons. The van der Waals surface area contributed by atoms with Crippen molar-refractivity contribution in [3.05, 3.63) is 69.7 Å². The van der Waals surface area contributed by atoms with Crippen molar-refractivity contribution in [3.8, 4) is 0 Å². The minimum atomic E-state index is 0.256. The molecule has 0 aliphatic heterocycles. The fraction of sp³-hybridized carbons (Fsp3) is 0.294. The molecule has 0 spiro atoms. The number of rotatable bonds is 5. The number of nitrogens with one attached hydrogen (secondary N) is 1. The smallest absolute Gasteiger partial charge is 0.0438 e. The second-order valence-electron chi connectivity index (χ2n) is 5.14. The molecular formula is C17H19Cl2N. The summed E-state index contributed by atoms with van der Waals surface area (Å²) in [4.78, 5) is 0. The fourth-order valence-corrected chi connectivity index (χ4v) is 2.76. The molecule has 0 bridgehead atoms. The lowest BCUT2D eigenvalue weighted by Crippen LogP contribution is -2.30. The van der Waals surface area contributed by atoms with Crippen molar-refractivity contribution < 1.29 is 0 Å². The van der Waals surface area contributed by atoms with Crippen molar-refractivity contribution >= 4 is 23.2 Å². The Kier molecular flexibility index (Phi) is 5.47. The van der Waals surface area contributed by atoms with Gasteiger partial charge < -0.3 is 5.32 Å². The third-order valence-electron chi connectivity index (χ3n) is 3.37. The molecule has 0 fully saturated rings. The predicted octanol–water partition coefficient (Wildman–Crippen LogP) is 5.28. The molecule has 0 saturated carbocycles. The molecular weight excluding hydrogens is 289 g/mol. The minimum absolute atomic E-state index is 0.256. The van der Waals surface area contributed by atoms with Gasteiger partial charge in [-0.2, -0.15) is 0 Å². The zero-order chi connectivity index (χ0) is 14.5. The van der Waals surface area contributed by atoms with Crippen molar-refractivity contribution in [2.45, 2.75) is 32.4 Å². The van der Waals surface area contributed by atoms with Gasteiger partial charge in [-0.25, -0.2) is 0 Å². The predicted molar refractivity (Wildman–Crippen MR) is 87.6 cm³/mol. The fourth-order valence-electron chi connectivity index (χ4n) is 2.35. The summed E-state index contributed by atoms with van der Waals surface area (Å²) < 4.78 is 0. The van der Waals surface area contributed by atoms with Crippen LogP contribution in [-0.4, -0.2) is 6.04 Å². The SMILES string of the molecule is CC(Cc1ccccc1Cl)NC(C)c1cccc(Cl)c1. The summed E-state index contributed by atoms with van der Waals surface area (Å²) in [6, 6.07) is 16.5. The van der Waals surface area contributed by atoms with Crippen LogP contribution < -0.4 is 5.32 Å². The van der Waals surface area contributed by atoms with Gasteiger partial charge in [0, 0.05) is 22.1 Å². The number of halogens is 2. The molecule has 0 aliphatic rings.